The summed E-state index contributed by atoms with van der Waals surface area (Å²) in [5.74, 6) is 1.34. The highest BCUT2D eigenvalue weighted by Crippen LogP contribution is 2.32. The number of hydrogen-bond acceptors (Lipinski definition) is 4. The van der Waals surface area contributed by atoms with Gasteiger partial charge in [0.25, 0.3) is 0 Å². The van der Waals surface area contributed by atoms with Gasteiger partial charge in [-0.25, -0.2) is 9.97 Å². The number of ether oxygens (including phenoxy) is 1. The Bertz CT molecular complexity index is 795. The third-order valence-electron chi connectivity index (χ3n) is 4.67. The van der Waals surface area contributed by atoms with Gasteiger partial charge in [0.05, 0.1) is 25.6 Å². The number of aryl methyl sites for hydroxylation is 1. The number of imidazole rings is 2. The molecular weight excluding hydrogens is 302 g/mol. The van der Waals surface area contributed by atoms with E-state index in [4.69, 9.17) is 4.74 Å². The maximum atomic E-state index is 5.79. The lowest BCUT2D eigenvalue weighted by atomic mass is 9.95. The average Bonchev–Trinajstić information content (AvgIpc) is 3.35. The Morgan fingerprint density at radius 1 is 1.17 bits per heavy atom. The van der Waals surface area contributed by atoms with Crippen LogP contribution in [0.25, 0.3) is 11.5 Å². The van der Waals surface area contributed by atoms with Crippen LogP contribution >= 0.6 is 0 Å². The predicted molar refractivity (Wildman–Crippen MR) is 90.4 cm³/mol. The van der Waals surface area contributed by atoms with E-state index in [1.54, 1.807) is 0 Å². The minimum Gasteiger partial charge on any atom is -0.379 e. The molecule has 2 atom stereocenters. The molecule has 4 rings (SSSR count). The van der Waals surface area contributed by atoms with Crippen LogP contribution in [0.15, 0.2) is 49.4 Å². The molecule has 0 saturated carbocycles. The van der Waals surface area contributed by atoms with Gasteiger partial charge in [-0.05, 0) is 31.0 Å². The molecule has 24 heavy (non-hydrogen) atoms. The van der Waals surface area contributed by atoms with E-state index >= 15 is 0 Å². The highest BCUT2D eigenvalue weighted by Gasteiger charge is 2.31. The quantitative estimate of drug-likeness (QED) is 0.724. The van der Waals surface area contributed by atoms with Crippen LogP contribution in [-0.2, 0) is 17.7 Å². The maximum Gasteiger partial charge on any atom is 0.160 e. The van der Waals surface area contributed by atoms with Crippen molar-refractivity contribution in [2.45, 2.75) is 25.9 Å². The molecule has 0 bridgehead atoms. The number of hydrogen-bond donors (Lipinski definition) is 0. The highest BCUT2D eigenvalue weighted by atomic mass is 16.5. The van der Waals surface area contributed by atoms with Crippen LogP contribution in [-0.4, -0.2) is 37.3 Å². The van der Waals surface area contributed by atoms with Gasteiger partial charge in [0.2, 0.25) is 0 Å². The molecule has 3 aromatic heterocycles. The summed E-state index contributed by atoms with van der Waals surface area (Å²) in [7, 11) is 0. The molecule has 0 amide bonds. The zero-order chi connectivity index (χ0) is 16.4. The smallest absolute Gasteiger partial charge is 0.160 e. The van der Waals surface area contributed by atoms with E-state index in [2.05, 4.69) is 43.1 Å². The van der Waals surface area contributed by atoms with Crippen LogP contribution in [0.2, 0.25) is 0 Å². The summed E-state index contributed by atoms with van der Waals surface area (Å²) >= 11 is 0. The van der Waals surface area contributed by atoms with Crippen LogP contribution in [0, 0.1) is 5.92 Å². The Morgan fingerprint density at radius 3 is 2.83 bits per heavy atom. The molecule has 0 unspecified atom stereocenters. The van der Waals surface area contributed by atoms with E-state index in [1.165, 1.54) is 5.56 Å². The molecule has 1 aliphatic rings. The van der Waals surface area contributed by atoms with Crippen molar-refractivity contribution in [3.63, 3.8) is 0 Å². The number of pyridine rings is 1. The van der Waals surface area contributed by atoms with Crippen molar-refractivity contribution < 1.29 is 4.74 Å². The number of nitrogens with zero attached hydrogens (tertiary/aromatic N) is 5. The van der Waals surface area contributed by atoms with E-state index in [-0.39, 0.29) is 6.04 Å². The van der Waals surface area contributed by atoms with Crippen molar-refractivity contribution >= 4 is 0 Å². The second-order valence-corrected chi connectivity index (χ2v) is 6.17. The van der Waals surface area contributed by atoms with Crippen LogP contribution < -0.4 is 0 Å². The Kier molecular flexibility index (Phi) is 4.13. The standard InChI is InChI=1S/C18H21N5O/c1-2-22-10-16(21-13-22)18-20-7-8-23(18)17-12-24-11-15(17)9-14-3-5-19-6-4-14/h3-8,10,13,15,17H,2,9,11-12H2,1H3/t15-,17-/m1/s1. The van der Waals surface area contributed by atoms with Gasteiger partial charge >= 0.3 is 0 Å². The van der Waals surface area contributed by atoms with Gasteiger partial charge in [-0.15, -0.1) is 0 Å². The molecule has 0 N–H and O–H groups in total. The first kappa shape index (κ1) is 15.1. The molecular formula is C18H21N5O. The molecule has 4 heterocycles. The lowest BCUT2D eigenvalue weighted by Crippen LogP contribution is -2.20. The molecule has 1 fully saturated rings. The first-order valence-corrected chi connectivity index (χ1v) is 8.36. The van der Waals surface area contributed by atoms with Crippen molar-refractivity contribution in [3.8, 4) is 11.5 Å². The largest absolute Gasteiger partial charge is 0.379 e. The molecule has 0 aromatic carbocycles. The Labute approximate surface area is 141 Å². The van der Waals surface area contributed by atoms with E-state index in [0.29, 0.717) is 12.5 Å². The van der Waals surface area contributed by atoms with Gasteiger partial charge in [0.1, 0.15) is 5.69 Å². The van der Waals surface area contributed by atoms with Crippen molar-refractivity contribution in [3.05, 3.63) is 55.0 Å². The van der Waals surface area contributed by atoms with Gasteiger partial charge in [-0.3, -0.25) is 4.98 Å². The fraction of sp³-hybridized carbons (Fsp3) is 0.389. The summed E-state index contributed by atoms with van der Waals surface area (Å²) in [4.78, 5) is 13.1. The highest BCUT2D eigenvalue weighted by molar-refractivity contribution is 5.48. The molecule has 3 aromatic rings. The normalized spacial score (nSPS) is 20.5. The monoisotopic (exact) mass is 323 g/mol. The summed E-state index contributed by atoms with van der Waals surface area (Å²) in [6.07, 6.45) is 12.5. The Balaban J connectivity index is 1.60. The van der Waals surface area contributed by atoms with Gasteiger partial charge in [-0.1, -0.05) is 0 Å². The minimum atomic E-state index is 0.280. The van der Waals surface area contributed by atoms with E-state index in [1.807, 2.05) is 37.3 Å². The van der Waals surface area contributed by atoms with Crippen LogP contribution in [0.5, 0.6) is 0 Å². The molecule has 6 heteroatoms. The van der Waals surface area contributed by atoms with Crippen LogP contribution in [0.1, 0.15) is 18.5 Å². The molecule has 0 spiro atoms. The van der Waals surface area contributed by atoms with Gasteiger partial charge in [0.15, 0.2) is 5.82 Å². The Morgan fingerprint density at radius 2 is 2.04 bits per heavy atom. The van der Waals surface area contributed by atoms with Crippen molar-refractivity contribution in [1.82, 2.24) is 24.1 Å². The lowest BCUT2D eigenvalue weighted by Gasteiger charge is -2.20. The fourth-order valence-corrected chi connectivity index (χ4v) is 3.34. The molecule has 1 aliphatic heterocycles. The molecule has 1 saturated heterocycles. The summed E-state index contributed by atoms with van der Waals surface area (Å²) in [5.41, 5.74) is 2.21. The average molecular weight is 323 g/mol. The summed E-state index contributed by atoms with van der Waals surface area (Å²) < 4.78 is 10.1. The summed E-state index contributed by atoms with van der Waals surface area (Å²) in [6.45, 7) is 4.50. The van der Waals surface area contributed by atoms with Gasteiger partial charge in [-0.2, -0.15) is 0 Å². The van der Waals surface area contributed by atoms with Crippen molar-refractivity contribution in [2.24, 2.45) is 5.92 Å². The second kappa shape index (κ2) is 6.57. The third-order valence-corrected chi connectivity index (χ3v) is 4.67. The predicted octanol–water partition coefficient (Wildman–Crippen LogP) is 2.59. The fourth-order valence-electron chi connectivity index (χ4n) is 3.34. The van der Waals surface area contributed by atoms with Crippen molar-refractivity contribution in [2.75, 3.05) is 13.2 Å². The van der Waals surface area contributed by atoms with Crippen molar-refractivity contribution in [1.29, 1.82) is 0 Å². The second-order valence-electron chi connectivity index (χ2n) is 6.17. The Hall–Kier alpha value is -2.47. The van der Waals surface area contributed by atoms with E-state index in [9.17, 15) is 0 Å². The van der Waals surface area contributed by atoms with Crippen LogP contribution in [0.4, 0.5) is 0 Å². The SMILES string of the molecule is CCn1cnc(-c2nccn2[C@@H]2COC[C@H]2Cc2ccncc2)c1. The number of aromatic nitrogens is 5. The van der Waals surface area contributed by atoms with Gasteiger partial charge in [0, 0.05) is 43.4 Å². The van der Waals surface area contributed by atoms with E-state index in [0.717, 1.165) is 31.1 Å². The molecule has 0 radical (unpaired) electrons. The molecule has 124 valence electrons. The zero-order valence-electron chi connectivity index (χ0n) is 13.7. The number of rotatable bonds is 5. The molecule has 6 nitrogen and oxygen atoms in total. The first-order valence-electron chi connectivity index (χ1n) is 8.36. The zero-order valence-corrected chi connectivity index (χ0v) is 13.7. The summed E-state index contributed by atoms with van der Waals surface area (Å²) in [5, 5.41) is 0. The van der Waals surface area contributed by atoms with Crippen LogP contribution in [0.3, 0.4) is 0 Å². The minimum absolute atomic E-state index is 0.280. The lowest BCUT2D eigenvalue weighted by molar-refractivity contribution is 0.181. The molecule has 0 aliphatic carbocycles. The first-order chi connectivity index (χ1) is 11.8. The maximum absolute atomic E-state index is 5.79. The summed E-state index contributed by atoms with van der Waals surface area (Å²) in [6, 6.07) is 4.43. The van der Waals surface area contributed by atoms with E-state index < -0.39 is 0 Å². The topological polar surface area (TPSA) is 57.8 Å². The van der Waals surface area contributed by atoms with Gasteiger partial charge < -0.3 is 13.9 Å². The third kappa shape index (κ3) is 2.85.